The molecule has 0 aromatic heterocycles. The first-order valence-corrected chi connectivity index (χ1v) is 6.26. The van der Waals surface area contributed by atoms with Crippen LogP contribution in [0, 0.1) is 22.2 Å². The molecule has 0 spiro atoms. The quantitative estimate of drug-likeness (QED) is 0.764. The number of aliphatic hydroxyl groups excluding tert-OH is 1. The zero-order chi connectivity index (χ0) is 12.9. The normalized spacial score (nSPS) is 18.7. The van der Waals surface area contributed by atoms with Gasteiger partial charge in [0.05, 0.1) is 6.07 Å². The third kappa shape index (κ3) is 3.44. The summed E-state index contributed by atoms with van der Waals surface area (Å²) in [6.07, 6.45) is 3.92. The van der Waals surface area contributed by atoms with E-state index in [1.165, 1.54) is 0 Å². The second-order valence-corrected chi connectivity index (χ2v) is 5.72. The van der Waals surface area contributed by atoms with Gasteiger partial charge in [0, 0.05) is 13.2 Å². The lowest BCUT2D eigenvalue weighted by molar-refractivity contribution is -0.128. The number of aliphatic hydroxyl groups is 1. The number of nitrogens with one attached hydrogen (secondary N) is 1. The van der Waals surface area contributed by atoms with Crippen LogP contribution in [0.3, 0.4) is 0 Å². The second-order valence-electron chi connectivity index (χ2n) is 5.72. The van der Waals surface area contributed by atoms with Crippen LogP contribution in [0.4, 0.5) is 0 Å². The summed E-state index contributed by atoms with van der Waals surface area (Å²) in [6, 6.07) is 2.18. The maximum absolute atomic E-state index is 12.1. The molecule has 1 saturated carbocycles. The van der Waals surface area contributed by atoms with E-state index in [1.54, 1.807) is 0 Å². The van der Waals surface area contributed by atoms with Gasteiger partial charge in [-0.2, -0.15) is 5.26 Å². The van der Waals surface area contributed by atoms with E-state index in [1.807, 2.05) is 13.8 Å². The number of hydrogen-bond acceptors (Lipinski definition) is 3. The van der Waals surface area contributed by atoms with Gasteiger partial charge < -0.3 is 10.4 Å². The molecule has 4 nitrogen and oxygen atoms in total. The molecule has 2 N–H and O–H groups in total. The molecule has 17 heavy (non-hydrogen) atoms. The Morgan fingerprint density at radius 3 is 2.53 bits per heavy atom. The van der Waals surface area contributed by atoms with Crippen LogP contribution in [0.2, 0.25) is 0 Å². The van der Waals surface area contributed by atoms with E-state index >= 15 is 0 Å². The molecule has 0 aromatic carbocycles. The van der Waals surface area contributed by atoms with Gasteiger partial charge in [-0.25, -0.2) is 0 Å². The molecular weight excluding hydrogens is 216 g/mol. The van der Waals surface area contributed by atoms with Gasteiger partial charge in [-0.1, -0.05) is 26.7 Å². The molecule has 0 atom stereocenters. The molecule has 96 valence electrons. The highest BCUT2D eigenvalue weighted by molar-refractivity contribution is 5.85. The maximum atomic E-state index is 12.1. The van der Waals surface area contributed by atoms with Crippen LogP contribution in [-0.4, -0.2) is 24.2 Å². The molecule has 1 fully saturated rings. The Hall–Kier alpha value is -1.08. The molecule has 0 saturated heterocycles. The van der Waals surface area contributed by atoms with Crippen molar-refractivity contribution in [1.82, 2.24) is 5.32 Å². The summed E-state index contributed by atoms with van der Waals surface area (Å²) in [7, 11) is 0. The molecular formula is C13H22N2O2. The van der Waals surface area contributed by atoms with Gasteiger partial charge in [0.15, 0.2) is 0 Å². The van der Waals surface area contributed by atoms with Crippen LogP contribution in [0.1, 0.15) is 46.0 Å². The van der Waals surface area contributed by atoms with Crippen LogP contribution in [-0.2, 0) is 4.79 Å². The fourth-order valence-electron chi connectivity index (χ4n) is 2.25. The molecule has 1 rings (SSSR count). The van der Waals surface area contributed by atoms with Gasteiger partial charge in [-0.15, -0.1) is 0 Å². The van der Waals surface area contributed by atoms with Crippen molar-refractivity contribution in [3.63, 3.8) is 0 Å². The SMILES string of the molecule is CC(C)(CCO)CNC(=O)C1(C#N)CCCC1. The number of rotatable bonds is 5. The van der Waals surface area contributed by atoms with E-state index < -0.39 is 5.41 Å². The van der Waals surface area contributed by atoms with E-state index in [0.717, 1.165) is 12.8 Å². The van der Waals surface area contributed by atoms with E-state index in [4.69, 9.17) is 10.4 Å². The third-order valence-electron chi connectivity index (χ3n) is 3.62. The van der Waals surface area contributed by atoms with Crippen molar-refractivity contribution in [2.75, 3.05) is 13.2 Å². The van der Waals surface area contributed by atoms with Crippen LogP contribution >= 0.6 is 0 Å². The Morgan fingerprint density at radius 2 is 2.06 bits per heavy atom. The fourth-order valence-corrected chi connectivity index (χ4v) is 2.25. The van der Waals surface area contributed by atoms with Crippen LogP contribution in [0.5, 0.6) is 0 Å². The summed E-state index contributed by atoms with van der Waals surface area (Å²) in [5.74, 6) is -0.136. The van der Waals surface area contributed by atoms with Crippen molar-refractivity contribution in [2.24, 2.45) is 10.8 Å². The Balaban J connectivity index is 2.52. The summed E-state index contributed by atoms with van der Waals surface area (Å²) in [6.45, 7) is 4.62. The molecule has 0 heterocycles. The molecule has 1 amide bonds. The number of carbonyl (C=O) groups excluding carboxylic acids is 1. The van der Waals surface area contributed by atoms with Crippen molar-refractivity contribution < 1.29 is 9.90 Å². The number of nitrogens with zero attached hydrogens (tertiary/aromatic N) is 1. The molecule has 0 aliphatic heterocycles. The number of carbonyl (C=O) groups is 1. The van der Waals surface area contributed by atoms with E-state index in [2.05, 4.69) is 11.4 Å². The van der Waals surface area contributed by atoms with Crippen molar-refractivity contribution in [3.05, 3.63) is 0 Å². The first-order valence-electron chi connectivity index (χ1n) is 6.26. The summed E-state index contributed by atoms with van der Waals surface area (Å²) < 4.78 is 0. The van der Waals surface area contributed by atoms with Gasteiger partial charge in [-0.3, -0.25) is 4.79 Å². The van der Waals surface area contributed by atoms with Crippen LogP contribution in [0.25, 0.3) is 0 Å². The molecule has 0 bridgehead atoms. The highest BCUT2D eigenvalue weighted by atomic mass is 16.3. The molecule has 1 aliphatic rings. The minimum atomic E-state index is -0.796. The van der Waals surface area contributed by atoms with E-state index in [0.29, 0.717) is 25.8 Å². The predicted molar refractivity (Wildman–Crippen MR) is 65.0 cm³/mol. The zero-order valence-electron chi connectivity index (χ0n) is 10.8. The fraction of sp³-hybridized carbons (Fsp3) is 0.846. The molecule has 0 aromatic rings. The van der Waals surface area contributed by atoms with E-state index in [9.17, 15) is 4.79 Å². The van der Waals surface area contributed by atoms with Crippen molar-refractivity contribution in [1.29, 1.82) is 5.26 Å². The Labute approximate surface area is 103 Å². The first kappa shape index (κ1) is 14.0. The number of hydrogen-bond donors (Lipinski definition) is 2. The van der Waals surface area contributed by atoms with Gasteiger partial charge in [0.25, 0.3) is 0 Å². The zero-order valence-corrected chi connectivity index (χ0v) is 10.8. The Bertz CT molecular complexity index is 312. The Morgan fingerprint density at radius 1 is 1.47 bits per heavy atom. The lowest BCUT2D eigenvalue weighted by Crippen LogP contribution is -2.42. The van der Waals surface area contributed by atoms with E-state index in [-0.39, 0.29) is 17.9 Å². The highest BCUT2D eigenvalue weighted by Crippen LogP contribution is 2.37. The second kappa shape index (κ2) is 5.50. The topological polar surface area (TPSA) is 73.1 Å². The van der Waals surface area contributed by atoms with Crippen LogP contribution < -0.4 is 5.32 Å². The standard InChI is InChI=1S/C13H22N2O2/c1-12(2,7-8-16)10-15-11(17)13(9-14)5-3-4-6-13/h16H,3-8,10H2,1-2H3,(H,15,17). The third-order valence-corrected chi connectivity index (χ3v) is 3.62. The summed E-state index contributed by atoms with van der Waals surface area (Å²) in [4.78, 5) is 12.1. The lowest BCUT2D eigenvalue weighted by atomic mass is 9.85. The lowest BCUT2D eigenvalue weighted by Gasteiger charge is -2.27. The number of nitriles is 1. The minimum absolute atomic E-state index is 0.117. The largest absolute Gasteiger partial charge is 0.396 e. The van der Waals surface area contributed by atoms with Crippen molar-refractivity contribution in [2.45, 2.75) is 46.0 Å². The van der Waals surface area contributed by atoms with Gasteiger partial charge in [0.2, 0.25) is 5.91 Å². The molecule has 0 radical (unpaired) electrons. The maximum Gasteiger partial charge on any atom is 0.240 e. The molecule has 1 aliphatic carbocycles. The summed E-state index contributed by atoms with van der Waals surface area (Å²) >= 11 is 0. The predicted octanol–water partition coefficient (Wildman–Crippen LogP) is 1.60. The molecule has 0 unspecified atom stereocenters. The van der Waals surface area contributed by atoms with Crippen LogP contribution in [0.15, 0.2) is 0 Å². The van der Waals surface area contributed by atoms with Crippen molar-refractivity contribution >= 4 is 5.91 Å². The first-order chi connectivity index (χ1) is 7.96. The highest BCUT2D eigenvalue weighted by Gasteiger charge is 2.41. The average Bonchev–Trinajstić information content (AvgIpc) is 2.75. The summed E-state index contributed by atoms with van der Waals surface area (Å²) in [5, 5.41) is 20.9. The molecule has 4 heteroatoms. The smallest absolute Gasteiger partial charge is 0.240 e. The number of amides is 1. The minimum Gasteiger partial charge on any atom is -0.396 e. The Kier molecular flexibility index (Phi) is 4.53. The van der Waals surface area contributed by atoms with Gasteiger partial charge >= 0.3 is 0 Å². The van der Waals surface area contributed by atoms with Gasteiger partial charge in [-0.05, 0) is 24.7 Å². The summed E-state index contributed by atoms with van der Waals surface area (Å²) in [5.41, 5.74) is -0.922. The monoisotopic (exact) mass is 238 g/mol. The van der Waals surface area contributed by atoms with Gasteiger partial charge in [0.1, 0.15) is 5.41 Å². The van der Waals surface area contributed by atoms with Crippen molar-refractivity contribution in [3.8, 4) is 6.07 Å². The average molecular weight is 238 g/mol.